The summed E-state index contributed by atoms with van der Waals surface area (Å²) in [7, 11) is 0. The Morgan fingerprint density at radius 1 is 1.09 bits per heavy atom. The first-order valence-electron chi connectivity index (χ1n) is 10.7. The summed E-state index contributed by atoms with van der Waals surface area (Å²) in [6.07, 6.45) is 0.704. The van der Waals surface area contributed by atoms with Crippen LogP contribution in [-0.2, 0) is 9.53 Å². The fourth-order valence-electron chi connectivity index (χ4n) is 4.17. The standard InChI is InChI=1S/C25H29BrN2O4/c1-13(2)11-25(5,14(3)4)24(31)32-12-28-18-10-17(26)21(27)20-19(18)22(29)15-8-6-7-9-16(15)23(20)30/h6-10,13-14,28H,11-12,27H2,1-5H3. The number of nitrogen functional groups attached to an aromatic ring is 1. The van der Waals surface area contributed by atoms with Gasteiger partial charge in [-0.2, -0.15) is 0 Å². The van der Waals surface area contributed by atoms with Crippen molar-refractivity contribution >= 4 is 44.8 Å². The van der Waals surface area contributed by atoms with Crippen LogP contribution in [0.25, 0.3) is 0 Å². The molecule has 0 aromatic heterocycles. The van der Waals surface area contributed by atoms with Gasteiger partial charge in [-0.15, -0.1) is 0 Å². The maximum atomic E-state index is 13.2. The average molecular weight is 501 g/mol. The zero-order valence-corrected chi connectivity index (χ0v) is 20.6. The molecule has 0 saturated carbocycles. The van der Waals surface area contributed by atoms with Gasteiger partial charge in [-0.3, -0.25) is 14.4 Å². The van der Waals surface area contributed by atoms with Crippen LogP contribution < -0.4 is 11.1 Å². The van der Waals surface area contributed by atoms with Crippen molar-refractivity contribution in [3.05, 3.63) is 57.1 Å². The number of anilines is 2. The number of nitrogens with two attached hydrogens (primary N) is 1. The lowest BCUT2D eigenvalue weighted by Crippen LogP contribution is -2.37. The largest absolute Gasteiger partial charge is 0.444 e. The van der Waals surface area contributed by atoms with E-state index in [4.69, 9.17) is 10.5 Å². The molecule has 3 rings (SSSR count). The molecule has 6 nitrogen and oxygen atoms in total. The molecule has 0 amide bonds. The zero-order chi connectivity index (χ0) is 23.8. The highest BCUT2D eigenvalue weighted by atomic mass is 79.9. The Morgan fingerprint density at radius 2 is 1.66 bits per heavy atom. The lowest BCUT2D eigenvalue weighted by molar-refractivity contribution is -0.158. The van der Waals surface area contributed by atoms with E-state index in [1.807, 2.05) is 20.8 Å². The molecular formula is C25H29BrN2O4. The molecule has 32 heavy (non-hydrogen) atoms. The SMILES string of the molecule is CC(C)CC(C)(C(=O)OCNc1cc(Br)c(N)c2c1C(=O)c1ccccc1C2=O)C(C)C. The van der Waals surface area contributed by atoms with Gasteiger partial charge in [0.05, 0.1) is 22.2 Å². The van der Waals surface area contributed by atoms with Gasteiger partial charge in [0.25, 0.3) is 0 Å². The second-order valence-electron chi connectivity index (χ2n) is 9.20. The normalized spacial score (nSPS) is 14.8. The Balaban J connectivity index is 1.89. The van der Waals surface area contributed by atoms with Crippen LogP contribution >= 0.6 is 15.9 Å². The minimum Gasteiger partial charge on any atom is -0.444 e. The quantitative estimate of drug-likeness (QED) is 0.255. The molecule has 2 aromatic carbocycles. The number of rotatable bonds is 7. The van der Waals surface area contributed by atoms with Crippen molar-refractivity contribution < 1.29 is 19.1 Å². The monoisotopic (exact) mass is 500 g/mol. The Morgan fingerprint density at radius 3 is 2.19 bits per heavy atom. The van der Waals surface area contributed by atoms with Gasteiger partial charge < -0.3 is 15.8 Å². The van der Waals surface area contributed by atoms with Crippen molar-refractivity contribution in [2.45, 2.75) is 41.0 Å². The molecule has 1 aliphatic rings. The fourth-order valence-corrected chi connectivity index (χ4v) is 4.60. The predicted molar refractivity (Wildman–Crippen MR) is 129 cm³/mol. The van der Waals surface area contributed by atoms with Crippen LogP contribution in [0.5, 0.6) is 0 Å². The van der Waals surface area contributed by atoms with Crippen LogP contribution in [0.4, 0.5) is 11.4 Å². The molecule has 3 N–H and O–H groups in total. The van der Waals surface area contributed by atoms with Crippen molar-refractivity contribution in [2.24, 2.45) is 17.3 Å². The van der Waals surface area contributed by atoms with E-state index < -0.39 is 5.41 Å². The number of benzene rings is 2. The third kappa shape index (κ3) is 4.18. The number of fused-ring (bicyclic) bond motifs is 2. The first-order valence-corrected chi connectivity index (χ1v) is 11.5. The van der Waals surface area contributed by atoms with E-state index in [0.29, 0.717) is 33.6 Å². The van der Waals surface area contributed by atoms with Gasteiger partial charge in [-0.05, 0) is 47.2 Å². The van der Waals surface area contributed by atoms with E-state index in [1.54, 1.807) is 30.3 Å². The number of ether oxygens (including phenoxy) is 1. The van der Waals surface area contributed by atoms with Gasteiger partial charge in [0.15, 0.2) is 18.3 Å². The lowest BCUT2D eigenvalue weighted by Gasteiger charge is -2.33. The summed E-state index contributed by atoms with van der Waals surface area (Å²) in [6.45, 7) is 9.94. The van der Waals surface area contributed by atoms with Crippen LogP contribution in [0.1, 0.15) is 72.9 Å². The molecule has 170 valence electrons. The maximum absolute atomic E-state index is 13.2. The number of carbonyl (C=O) groups excluding carboxylic acids is 3. The topological polar surface area (TPSA) is 98.5 Å². The van der Waals surface area contributed by atoms with E-state index in [0.717, 1.165) is 0 Å². The van der Waals surface area contributed by atoms with Crippen molar-refractivity contribution in [3.8, 4) is 0 Å². The van der Waals surface area contributed by atoms with E-state index in [2.05, 4.69) is 35.1 Å². The zero-order valence-electron chi connectivity index (χ0n) is 19.0. The highest BCUT2D eigenvalue weighted by molar-refractivity contribution is 9.10. The van der Waals surface area contributed by atoms with E-state index >= 15 is 0 Å². The van der Waals surface area contributed by atoms with Gasteiger partial charge in [-0.1, -0.05) is 52.0 Å². The van der Waals surface area contributed by atoms with Crippen molar-refractivity contribution in [2.75, 3.05) is 17.8 Å². The minimum absolute atomic E-state index is 0.103. The Hall–Kier alpha value is -2.67. The summed E-state index contributed by atoms with van der Waals surface area (Å²) in [5, 5.41) is 3.02. The predicted octanol–water partition coefficient (Wildman–Crippen LogP) is 5.43. The lowest BCUT2D eigenvalue weighted by atomic mass is 9.73. The third-order valence-corrected chi connectivity index (χ3v) is 6.88. The van der Waals surface area contributed by atoms with Gasteiger partial charge in [0.1, 0.15) is 0 Å². The Labute approximate surface area is 197 Å². The molecule has 0 spiro atoms. The summed E-state index contributed by atoms with van der Waals surface area (Å²) in [4.78, 5) is 39.2. The van der Waals surface area contributed by atoms with E-state index in [1.165, 1.54) is 0 Å². The molecule has 7 heteroatoms. The molecule has 0 heterocycles. The second-order valence-corrected chi connectivity index (χ2v) is 10.1. The summed E-state index contributed by atoms with van der Waals surface area (Å²) < 4.78 is 6.06. The third-order valence-electron chi connectivity index (χ3n) is 6.23. The second kappa shape index (κ2) is 9.06. The van der Waals surface area contributed by atoms with Crippen LogP contribution in [0.3, 0.4) is 0 Å². The number of hydrogen-bond donors (Lipinski definition) is 2. The molecule has 2 aromatic rings. The molecule has 0 fully saturated rings. The Kier molecular flexibility index (Phi) is 6.79. The number of esters is 1. The van der Waals surface area contributed by atoms with Crippen molar-refractivity contribution in [3.63, 3.8) is 0 Å². The number of ketones is 2. The fraction of sp³-hybridized carbons (Fsp3) is 0.400. The summed E-state index contributed by atoms with van der Waals surface area (Å²) in [5.74, 6) is -0.462. The number of nitrogens with one attached hydrogen (secondary N) is 1. The molecule has 1 atom stereocenters. The van der Waals surface area contributed by atoms with Crippen LogP contribution in [0.2, 0.25) is 0 Å². The summed E-state index contributed by atoms with van der Waals surface area (Å²) in [6, 6.07) is 8.31. The van der Waals surface area contributed by atoms with Crippen molar-refractivity contribution in [1.29, 1.82) is 0 Å². The van der Waals surface area contributed by atoms with Gasteiger partial charge >= 0.3 is 5.97 Å². The van der Waals surface area contributed by atoms with Gasteiger partial charge in [0, 0.05) is 21.3 Å². The molecule has 1 unspecified atom stereocenters. The number of carbonyl (C=O) groups is 3. The van der Waals surface area contributed by atoms with Crippen LogP contribution in [-0.4, -0.2) is 24.3 Å². The first-order chi connectivity index (χ1) is 15.0. The molecule has 0 aliphatic heterocycles. The average Bonchev–Trinajstić information content (AvgIpc) is 2.73. The maximum Gasteiger partial charge on any atom is 0.313 e. The highest BCUT2D eigenvalue weighted by Gasteiger charge is 2.39. The highest BCUT2D eigenvalue weighted by Crippen LogP contribution is 2.40. The summed E-state index contributed by atoms with van der Waals surface area (Å²) in [5.41, 5.74) is 7.14. The molecule has 0 radical (unpaired) electrons. The van der Waals surface area contributed by atoms with E-state index in [9.17, 15) is 14.4 Å². The molecule has 1 aliphatic carbocycles. The molecule has 0 saturated heterocycles. The molecule has 0 bridgehead atoms. The smallest absolute Gasteiger partial charge is 0.313 e. The molecular weight excluding hydrogens is 472 g/mol. The van der Waals surface area contributed by atoms with E-state index in [-0.39, 0.29) is 47.0 Å². The Bertz CT molecular complexity index is 1090. The first kappa shape index (κ1) is 24.0. The summed E-state index contributed by atoms with van der Waals surface area (Å²) >= 11 is 3.38. The minimum atomic E-state index is -0.623. The van der Waals surface area contributed by atoms with Crippen LogP contribution in [0.15, 0.2) is 34.8 Å². The van der Waals surface area contributed by atoms with Crippen molar-refractivity contribution in [1.82, 2.24) is 0 Å². The number of hydrogen-bond acceptors (Lipinski definition) is 6. The van der Waals surface area contributed by atoms with Crippen LogP contribution in [0, 0.1) is 17.3 Å². The van der Waals surface area contributed by atoms with Gasteiger partial charge in [0.2, 0.25) is 0 Å². The number of halogens is 1. The van der Waals surface area contributed by atoms with Gasteiger partial charge in [-0.25, -0.2) is 0 Å².